The summed E-state index contributed by atoms with van der Waals surface area (Å²) in [5, 5.41) is 8.69. The summed E-state index contributed by atoms with van der Waals surface area (Å²) in [7, 11) is 0. The fourth-order valence-electron chi connectivity index (χ4n) is 1.99. The molecule has 0 radical (unpaired) electrons. The third-order valence-electron chi connectivity index (χ3n) is 3.11. The highest BCUT2D eigenvalue weighted by molar-refractivity contribution is 9.10. The minimum absolute atomic E-state index is 0.140. The maximum absolute atomic E-state index is 10.6. The van der Waals surface area contributed by atoms with Gasteiger partial charge in [-0.25, -0.2) is 0 Å². The normalized spacial score (nSPS) is 10.3. The van der Waals surface area contributed by atoms with Crippen molar-refractivity contribution in [2.45, 2.75) is 19.3 Å². The summed E-state index contributed by atoms with van der Waals surface area (Å²) in [4.78, 5) is 10.6. The number of hydrogen-bond donors (Lipinski definition) is 1. The number of ether oxygens (including phenoxy) is 1. The summed E-state index contributed by atoms with van der Waals surface area (Å²) in [6.07, 6.45) is 1.52. The molecule has 0 amide bonds. The molecule has 0 saturated carbocycles. The lowest BCUT2D eigenvalue weighted by Crippen LogP contribution is -2.02. The number of hydrogen-bond acceptors (Lipinski definition) is 2. The van der Waals surface area contributed by atoms with Gasteiger partial charge >= 0.3 is 5.97 Å². The third-order valence-corrected chi connectivity index (χ3v) is 3.73. The Labute approximate surface area is 132 Å². The smallest absolute Gasteiger partial charge is 0.303 e. The van der Waals surface area contributed by atoms with Gasteiger partial charge in [0.05, 0.1) is 11.1 Å². The number of carbonyl (C=O) groups is 1. The van der Waals surface area contributed by atoms with Crippen LogP contribution in [0, 0.1) is 0 Å². The van der Waals surface area contributed by atoms with Crippen LogP contribution < -0.4 is 4.74 Å². The van der Waals surface area contributed by atoms with Crippen LogP contribution in [0.25, 0.3) is 0 Å². The Hall–Kier alpha value is -1.81. The van der Waals surface area contributed by atoms with Crippen LogP contribution in [0.4, 0.5) is 0 Å². The van der Waals surface area contributed by atoms with Crippen molar-refractivity contribution >= 4 is 21.9 Å². The van der Waals surface area contributed by atoms with Gasteiger partial charge in [-0.2, -0.15) is 0 Å². The molecule has 0 spiro atoms. The van der Waals surface area contributed by atoms with Crippen LogP contribution in [0.2, 0.25) is 0 Å². The quantitative estimate of drug-likeness (QED) is 0.819. The molecule has 0 aromatic heterocycles. The first-order chi connectivity index (χ1) is 10.1. The maximum Gasteiger partial charge on any atom is 0.303 e. The van der Waals surface area contributed by atoms with E-state index in [9.17, 15) is 4.79 Å². The van der Waals surface area contributed by atoms with Crippen LogP contribution in [0.5, 0.6) is 5.75 Å². The molecule has 0 bridgehead atoms. The largest absolute Gasteiger partial charge is 0.492 e. The molecule has 0 unspecified atom stereocenters. The van der Waals surface area contributed by atoms with E-state index in [1.807, 2.05) is 36.4 Å². The Morgan fingerprint density at radius 1 is 1.05 bits per heavy atom. The Bertz CT molecular complexity index is 596. The Balaban J connectivity index is 1.87. The molecule has 0 saturated heterocycles. The van der Waals surface area contributed by atoms with Crippen LogP contribution in [-0.2, 0) is 17.6 Å². The lowest BCUT2D eigenvalue weighted by Gasteiger charge is -2.09. The first kappa shape index (κ1) is 15.6. The van der Waals surface area contributed by atoms with Gasteiger partial charge in [-0.1, -0.05) is 36.4 Å². The van der Waals surface area contributed by atoms with Gasteiger partial charge < -0.3 is 9.84 Å². The lowest BCUT2D eigenvalue weighted by molar-refractivity contribution is -0.136. The number of benzene rings is 2. The van der Waals surface area contributed by atoms with Crippen molar-refractivity contribution in [1.29, 1.82) is 0 Å². The van der Waals surface area contributed by atoms with Crippen molar-refractivity contribution in [3.8, 4) is 5.75 Å². The number of aliphatic carboxylic acids is 1. The second-order valence-corrected chi connectivity index (χ2v) is 5.60. The van der Waals surface area contributed by atoms with E-state index in [1.54, 1.807) is 0 Å². The molecule has 0 fully saturated rings. The standard InChI is InChI=1S/C17H17BrO3/c18-15-12-14(7-9-17(19)20)6-8-16(15)21-11-10-13-4-2-1-3-5-13/h1-6,8,12H,7,9-11H2,(H,19,20). The van der Waals surface area contributed by atoms with Crippen LogP contribution in [0.1, 0.15) is 17.5 Å². The van der Waals surface area contributed by atoms with Gasteiger partial charge in [0.2, 0.25) is 0 Å². The average molecular weight is 349 g/mol. The second kappa shape index (κ2) is 7.84. The van der Waals surface area contributed by atoms with Crippen molar-refractivity contribution in [1.82, 2.24) is 0 Å². The van der Waals surface area contributed by atoms with Crippen LogP contribution in [-0.4, -0.2) is 17.7 Å². The number of carboxylic acids is 1. The molecule has 2 rings (SSSR count). The molecular formula is C17H17BrO3. The first-order valence-corrected chi connectivity index (χ1v) is 7.61. The van der Waals surface area contributed by atoms with Gasteiger partial charge in [0.15, 0.2) is 0 Å². The van der Waals surface area contributed by atoms with E-state index in [0.717, 1.165) is 22.2 Å². The topological polar surface area (TPSA) is 46.5 Å². The molecule has 3 nitrogen and oxygen atoms in total. The van der Waals surface area contributed by atoms with Crippen LogP contribution in [0.3, 0.4) is 0 Å². The molecule has 0 atom stereocenters. The highest BCUT2D eigenvalue weighted by Gasteiger charge is 2.05. The van der Waals surface area contributed by atoms with Crippen molar-refractivity contribution < 1.29 is 14.6 Å². The summed E-state index contributed by atoms with van der Waals surface area (Å²) < 4.78 is 6.62. The highest BCUT2D eigenvalue weighted by Crippen LogP contribution is 2.26. The van der Waals surface area contributed by atoms with E-state index < -0.39 is 5.97 Å². The monoisotopic (exact) mass is 348 g/mol. The van der Waals surface area contributed by atoms with Gasteiger partial charge in [0.25, 0.3) is 0 Å². The maximum atomic E-state index is 10.6. The highest BCUT2D eigenvalue weighted by atomic mass is 79.9. The second-order valence-electron chi connectivity index (χ2n) is 4.74. The van der Waals surface area contributed by atoms with Gasteiger partial charge in [-0.15, -0.1) is 0 Å². The van der Waals surface area contributed by atoms with Crippen molar-refractivity contribution in [2.24, 2.45) is 0 Å². The minimum atomic E-state index is -0.783. The molecule has 110 valence electrons. The number of carboxylic acid groups (broad SMARTS) is 1. The SMILES string of the molecule is O=C(O)CCc1ccc(OCCc2ccccc2)c(Br)c1. The van der Waals surface area contributed by atoms with Crippen LogP contribution >= 0.6 is 15.9 Å². The van der Waals surface area contributed by atoms with E-state index in [2.05, 4.69) is 28.1 Å². The Kier molecular flexibility index (Phi) is 5.81. The van der Waals surface area contributed by atoms with Crippen LogP contribution in [0.15, 0.2) is 53.0 Å². The molecule has 0 heterocycles. The van der Waals surface area contributed by atoms with E-state index in [-0.39, 0.29) is 6.42 Å². The number of aryl methyl sites for hydroxylation is 1. The molecule has 2 aromatic carbocycles. The predicted octanol–water partition coefficient (Wildman–Crippen LogP) is 4.09. The van der Waals surface area contributed by atoms with Gasteiger partial charge in [-0.3, -0.25) is 4.79 Å². The number of rotatable bonds is 7. The third kappa shape index (κ3) is 5.23. The van der Waals surface area contributed by atoms with Crippen molar-refractivity contribution in [3.63, 3.8) is 0 Å². The van der Waals surface area contributed by atoms with E-state index >= 15 is 0 Å². The fourth-order valence-corrected chi connectivity index (χ4v) is 2.53. The Morgan fingerprint density at radius 2 is 1.81 bits per heavy atom. The van der Waals surface area contributed by atoms with Gasteiger partial charge in [0, 0.05) is 12.8 Å². The fraction of sp³-hybridized carbons (Fsp3) is 0.235. The van der Waals surface area contributed by atoms with Crippen molar-refractivity contribution in [3.05, 3.63) is 64.1 Å². The molecule has 21 heavy (non-hydrogen) atoms. The summed E-state index contributed by atoms with van der Waals surface area (Å²) >= 11 is 3.47. The zero-order valence-corrected chi connectivity index (χ0v) is 13.2. The van der Waals surface area contributed by atoms with E-state index in [0.29, 0.717) is 13.0 Å². The minimum Gasteiger partial charge on any atom is -0.492 e. The average Bonchev–Trinajstić information content (AvgIpc) is 2.48. The molecular weight excluding hydrogens is 332 g/mol. The van der Waals surface area contributed by atoms with E-state index in [4.69, 9.17) is 9.84 Å². The molecule has 0 aliphatic rings. The molecule has 2 aromatic rings. The van der Waals surface area contributed by atoms with Gasteiger partial charge in [-0.05, 0) is 45.6 Å². The summed E-state index contributed by atoms with van der Waals surface area (Å²) in [5.74, 6) is -0.000633. The summed E-state index contributed by atoms with van der Waals surface area (Å²) in [5.41, 5.74) is 2.23. The zero-order chi connectivity index (χ0) is 15.1. The van der Waals surface area contributed by atoms with Gasteiger partial charge in [0.1, 0.15) is 5.75 Å². The Morgan fingerprint density at radius 3 is 2.48 bits per heavy atom. The van der Waals surface area contributed by atoms with E-state index in [1.165, 1.54) is 5.56 Å². The van der Waals surface area contributed by atoms with Crippen molar-refractivity contribution in [2.75, 3.05) is 6.61 Å². The zero-order valence-electron chi connectivity index (χ0n) is 11.6. The molecule has 0 aliphatic carbocycles. The molecule has 0 aliphatic heterocycles. The summed E-state index contributed by atoms with van der Waals surface area (Å²) in [6.45, 7) is 0.608. The molecule has 4 heteroatoms. The first-order valence-electron chi connectivity index (χ1n) is 6.82. The predicted molar refractivity (Wildman–Crippen MR) is 85.7 cm³/mol. The molecule has 1 N–H and O–H groups in total. The number of halogens is 1. The lowest BCUT2D eigenvalue weighted by atomic mass is 10.1. The summed E-state index contributed by atoms with van der Waals surface area (Å²) in [6, 6.07) is 15.9.